The molecule has 21 heavy (non-hydrogen) atoms. The van der Waals surface area contributed by atoms with Crippen molar-refractivity contribution in [2.75, 3.05) is 6.61 Å². The predicted molar refractivity (Wildman–Crippen MR) is 95.2 cm³/mol. The Morgan fingerprint density at radius 1 is 1.19 bits per heavy atom. The number of rotatable bonds is 7. The number of nitrogens with one attached hydrogen (secondary N) is 1. The van der Waals surface area contributed by atoms with E-state index in [2.05, 4.69) is 71.3 Å². The third-order valence-electron chi connectivity index (χ3n) is 3.29. The lowest BCUT2D eigenvalue weighted by molar-refractivity contribution is 0.316. The van der Waals surface area contributed by atoms with Gasteiger partial charge in [0.1, 0.15) is 5.75 Å². The van der Waals surface area contributed by atoms with Crippen molar-refractivity contribution in [2.24, 2.45) is 5.84 Å². The highest BCUT2D eigenvalue weighted by atomic mass is 127. The summed E-state index contributed by atoms with van der Waals surface area (Å²) in [5, 5.41) is 0. The highest BCUT2D eigenvalue weighted by Gasteiger charge is 2.11. The standard InChI is InChI=1S/C17H21IN2O/c1-2-10-21-16-5-3-4-14(12-16)17(20-19)11-13-6-8-15(18)9-7-13/h3-9,12,17,20H,2,10-11,19H2,1H3. The highest BCUT2D eigenvalue weighted by Crippen LogP contribution is 2.22. The van der Waals surface area contributed by atoms with E-state index < -0.39 is 0 Å². The number of benzene rings is 2. The van der Waals surface area contributed by atoms with Crippen LogP contribution < -0.4 is 16.0 Å². The summed E-state index contributed by atoms with van der Waals surface area (Å²) in [6, 6.07) is 16.7. The van der Waals surface area contributed by atoms with Crippen LogP contribution in [0, 0.1) is 3.57 Å². The van der Waals surface area contributed by atoms with Crippen LogP contribution in [-0.4, -0.2) is 6.61 Å². The van der Waals surface area contributed by atoms with Crippen LogP contribution in [0.25, 0.3) is 0 Å². The van der Waals surface area contributed by atoms with Gasteiger partial charge in [0.15, 0.2) is 0 Å². The van der Waals surface area contributed by atoms with E-state index in [1.54, 1.807) is 0 Å². The minimum Gasteiger partial charge on any atom is -0.494 e. The molecule has 0 bridgehead atoms. The Labute approximate surface area is 140 Å². The highest BCUT2D eigenvalue weighted by molar-refractivity contribution is 14.1. The maximum Gasteiger partial charge on any atom is 0.119 e. The van der Waals surface area contributed by atoms with Gasteiger partial charge in [0.25, 0.3) is 0 Å². The molecule has 0 radical (unpaired) electrons. The van der Waals surface area contributed by atoms with Crippen LogP contribution in [0.15, 0.2) is 48.5 Å². The van der Waals surface area contributed by atoms with Gasteiger partial charge in [-0.3, -0.25) is 11.3 Å². The largest absolute Gasteiger partial charge is 0.494 e. The summed E-state index contributed by atoms with van der Waals surface area (Å²) in [4.78, 5) is 0. The average Bonchev–Trinajstić information content (AvgIpc) is 2.52. The van der Waals surface area contributed by atoms with Crippen molar-refractivity contribution in [1.82, 2.24) is 5.43 Å². The summed E-state index contributed by atoms with van der Waals surface area (Å²) in [5.74, 6) is 6.64. The Kier molecular flexibility index (Phi) is 6.48. The van der Waals surface area contributed by atoms with Crippen LogP contribution in [0.1, 0.15) is 30.5 Å². The van der Waals surface area contributed by atoms with E-state index in [0.29, 0.717) is 0 Å². The molecular weight excluding hydrogens is 375 g/mol. The van der Waals surface area contributed by atoms with E-state index in [9.17, 15) is 0 Å². The Balaban J connectivity index is 2.11. The summed E-state index contributed by atoms with van der Waals surface area (Å²) in [7, 11) is 0. The molecule has 0 aliphatic rings. The molecule has 0 aliphatic heterocycles. The van der Waals surface area contributed by atoms with Gasteiger partial charge < -0.3 is 4.74 Å². The van der Waals surface area contributed by atoms with Crippen LogP contribution in [-0.2, 0) is 6.42 Å². The number of hydrazine groups is 1. The molecule has 0 saturated heterocycles. The van der Waals surface area contributed by atoms with Crippen molar-refractivity contribution in [3.8, 4) is 5.75 Å². The number of halogens is 1. The lowest BCUT2D eigenvalue weighted by Crippen LogP contribution is -2.29. The first-order chi connectivity index (χ1) is 10.2. The van der Waals surface area contributed by atoms with Gasteiger partial charge in [0.2, 0.25) is 0 Å². The van der Waals surface area contributed by atoms with Gasteiger partial charge in [0.05, 0.1) is 12.6 Å². The van der Waals surface area contributed by atoms with Crippen molar-refractivity contribution in [3.05, 3.63) is 63.2 Å². The van der Waals surface area contributed by atoms with Gasteiger partial charge in [-0.05, 0) is 70.8 Å². The number of nitrogens with two attached hydrogens (primary N) is 1. The molecule has 0 fully saturated rings. The van der Waals surface area contributed by atoms with Crippen molar-refractivity contribution in [2.45, 2.75) is 25.8 Å². The van der Waals surface area contributed by atoms with Crippen LogP contribution in [0.4, 0.5) is 0 Å². The maximum absolute atomic E-state index is 5.74. The molecule has 4 heteroatoms. The van der Waals surface area contributed by atoms with Gasteiger partial charge in [-0.2, -0.15) is 0 Å². The topological polar surface area (TPSA) is 47.3 Å². The Bertz CT molecular complexity index is 557. The summed E-state index contributed by atoms with van der Waals surface area (Å²) in [6.07, 6.45) is 1.86. The zero-order chi connectivity index (χ0) is 15.1. The third kappa shape index (κ3) is 4.98. The van der Waals surface area contributed by atoms with E-state index in [-0.39, 0.29) is 6.04 Å². The average molecular weight is 396 g/mol. The minimum absolute atomic E-state index is 0.0789. The normalized spacial score (nSPS) is 12.1. The van der Waals surface area contributed by atoms with E-state index in [1.165, 1.54) is 9.13 Å². The molecule has 2 aromatic carbocycles. The molecule has 0 amide bonds. The molecule has 112 valence electrons. The van der Waals surface area contributed by atoms with Gasteiger partial charge in [-0.25, -0.2) is 0 Å². The second-order valence-corrected chi connectivity index (χ2v) is 6.22. The van der Waals surface area contributed by atoms with Gasteiger partial charge in [-0.15, -0.1) is 0 Å². The Hall–Kier alpha value is -1.11. The van der Waals surface area contributed by atoms with E-state index in [1.807, 2.05) is 12.1 Å². The molecule has 2 aromatic rings. The summed E-state index contributed by atoms with van der Waals surface area (Å²) >= 11 is 2.31. The molecule has 3 N–H and O–H groups in total. The van der Waals surface area contributed by atoms with Crippen molar-refractivity contribution < 1.29 is 4.74 Å². The molecule has 3 nitrogen and oxygen atoms in total. The van der Waals surface area contributed by atoms with Crippen LogP contribution >= 0.6 is 22.6 Å². The van der Waals surface area contributed by atoms with E-state index >= 15 is 0 Å². The predicted octanol–water partition coefficient (Wildman–Crippen LogP) is 3.83. The van der Waals surface area contributed by atoms with E-state index in [0.717, 1.165) is 30.8 Å². The molecule has 0 heterocycles. The van der Waals surface area contributed by atoms with Crippen molar-refractivity contribution in [1.29, 1.82) is 0 Å². The zero-order valence-corrected chi connectivity index (χ0v) is 14.3. The minimum atomic E-state index is 0.0789. The van der Waals surface area contributed by atoms with Gasteiger partial charge in [0, 0.05) is 3.57 Å². The van der Waals surface area contributed by atoms with Crippen LogP contribution in [0.3, 0.4) is 0 Å². The molecule has 2 rings (SSSR count). The molecule has 0 aliphatic carbocycles. The van der Waals surface area contributed by atoms with Crippen molar-refractivity contribution in [3.63, 3.8) is 0 Å². The van der Waals surface area contributed by atoms with Gasteiger partial charge >= 0.3 is 0 Å². The lowest BCUT2D eigenvalue weighted by atomic mass is 9.99. The zero-order valence-electron chi connectivity index (χ0n) is 12.2. The Morgan fingerprint density at radius 2 is 1.95 bits per heavy atom. The molecule has 0 saturated carbocycles. The van der Waals surface area contributed by atoms with Gasteiger partial charge in [-0.1, -0.05) is 31.2 Å². The summed E-state index contributed by atoms with van der Waals surface area (Å²) in [5.41, 5.74) is 5.31. The fourth-order valence-corrected chi connectivity index (χ4v) is 2.53. The molecular formula is C17H21IN2O. The first-order valence-electron chi connectivity index (χ1n) is 7.16. The summed E-state index contributed by atoms with van der Waals surface area (Å²) in [6.45, 7) is 2.84. The summed E-state index contributed by atoms with van der Waals surface area (Å²) < 4.78 is 6.93. The maximum atomic E-state index is 5.74. The molecule has 0 spiro atoms. The van der Waals surface area contributed by atoms with Crippen LogP contribution in [0.2, 0.25) is 0 Å². The second-order valence-electron chi connectivity index (χ2n) is 4.97. The molecule has 0 aromatic heterocycles. The smallest absolute Gasteiger partial charge is 0.119 e. The van der Waals surface area contributed by atoms with Crippen LogP contribution in [0.5, 0.6) is 5.75 Å². The third-order valence-corrected chi connectivity index (χ3v) is 4.01. The fourth-order valence-electron chi connectivity index (χ4n) is 2.17. The SMILES string of the molecule is CCCOc1cccc(C(Cc2ccc(I)cc2)NN)c1. The first kappa shape index (κ1) is 16.3. The quantitative estimate of drug-likeness (QED) is 0.425. The molecule has 1 atom stereocenters. The Morgan fingerprint density at radius 3 is 2.62 bits per heavy atom. The van der Waals surface area contributed by atoms with E-state index in [4.69, 9.17) is 10.6 Å². The second kappa shape index (κ2) is 8.36. The number of hydrogen-bond acceptors (Lipinski definition) is 3. The van der Waals surface area contributed by atoms with Crippen molar-refractivity contribution >= 4 is 22.6 Å². The lowest BCUT2D eigenvalue weighted by Gasteiger charge is -2.17. The number of hydrogen-bond donors (Lipinski definition) is 2. The first-order valence-corrected chi connectivity index (χ1v) is 8.24. The number of ether oxygens (including phenoxy) is 1. The monoisotopic (exact) mass is 396 g/mol. The molecule has 1 unspecified atom stereocenters. The fraction of sp³-hybridized carbons (Fsp3) is 0.294.